The number of rotatable bonds is 0. The number of likely N-dealkylation sites (tertiary alicyclic amines) is 1. The van der Waals surface area contributed by atoms with Crippen LogP contribution in [0.4, 0.5) is 0 Å². The average molecular weight is 302 g/mol. The molecular weight excluding hydrogens is 276 g/mol. The van der Waals surface area contributed by atoms with E-state index in [0.717, 1.165) is 6.42 Å². The van der Waals surface area contributed by atoms with Crippen molar-refractivity contribution in [1.82, 2.24) is 4.90 Å². The minimum Gasteiger partial charge on any atom is -0.341 e. The highest BCUT2D eigenvalue weighted by Crippen LogP contribution is 2.52. The Bertz CT molecular complexity index is 589. The summed E-state index contributed by atoms with van der Waals surface area (Å²) in [5.41, 5.74) is -1.03. The van der Waals surface area contributed by atoms with Crippen LogP contribution in [0.2, 0.25) is 0 Å². The van der Waals surface area contributed by atoms with Crippen LogP contribution >= 0.6 is 0 Å². The van der Waals surface area contributed by atoms with Crippen molar-refractivity contribution in [3.63, 3.8) is 0 Å². The fourth-order valence-electron chi connectivity index (χ4n) is 4.14. The van der Waals surface area contributed by atoms with Crippen molar-refractivity contribution in [3.05, 3.63) is 23.2 Å². The Labute approximate surface area is 133 Å². The Morgan fingerprint density at radius 1 is 1.36 bits per heavy atom. The van der Waals surface area contributed by atoms with Crippen LogP contribution in [0.5, 0.6) is 0 Å². The maximum Gasteiger partial charge on any atom is 0.227 e. The van der Waals surface area contributed by atoms with Gasteiger partial charge >= 0.3 is 0 Å². The zero-order chi connectivity index (χ0) is 16.9. The minimum absolute atomic E-state index is 0.0550. The first-order valence-corrected chi connectivity index (χ1v) is 7.88. The van der Waals surface area contributed by atoms with E-state index in [0.29, 0.717) is 13.1 Å². The molecule has 1 aliphatic heterocycles. The number of nitrogens with zero attached hydrogens (tertiary/aromatic N) is 2. The molecule has 22 heavy (non-hydrogen) atoms. The van der Waals surface area contributed by atoms with Crippen molar-refractivity contribution in [1.29, 1.82) is 0 Å². The standard InChI is InChI=1S/C18H26N2O2/c1-16(2,3)15(22)20-9-8-13-17(4,5)14(21)12(19-7)10-18(13,6)11-20/h10,13H,8-9,11H2,1-6H3/t13-,18+/m0/s1. The number of hydrogen-bond acceptors (Lipinski definition) is 2. The highest BCUT2D eigenvalue weighted by atomic mass is 16.2. The van der Waals surface area contributed by atoms with Gasteiger partial charge in [0.05, 0.1) is 6.57 Å². The van der Waals surface area contributed by atoms with E-state index in [-0.39, 0.29) is 28.7 Å². The van der Waals surface area contributed by atoms with Crippen molar-refractivity contribution in [2.45, 2.75) is 48.0 Å². The fourth-order valence-corrected chi connectivity index (χ4v) is 4.14. The molecule has 4 nitrogen and oxygen atoms in total. The molecule has 0 aromatic rings. The summed E-state index contributed by atoms with van der Waals surface area (Å²) in [6, 6.07) is 0. The predicted octanol–water partition coefficient (Wildman–Crippen LogP) is 3.30. The van der Waals surface area contributed by atoms with Gasteiger partial charge in [-0.05, 0) is 17.8 Å². The van der Waals surface area contributed by atoms with Crippen molar-refractivity contribution in [3.8, 4) is 0 Å². The largest absolute Gasteiger partial charge is 0.341 e. The third-order valence-corrected chi connectivity index (χ3v) is 5.22. The van der Waals surface area contributed by atoms with Gasteiger partial charge in [-0.25, -0.2) is 4.85 Å². The molecule has 1 amide bonds. The van der Waals surface area contributed by atoms with E-state index in [2.05, 4.69) is 11.8 Å². The monoisotopic (exact) mass is 302 g/mol. The lowest BCUT2D eigenvalue weighted by Crippen LogP contribution is -2.57. The zero-order valence-electron chi connectivity index (χ0n) is 14.5. The van der Waals surface area contributed by atoms with Crippen molar-refractivity contribution >= 4 is 11.7 Å². The molecule has 4 heteroatoms. The van der Waals surface area contributed by atoms with Gasteiger partial charge in [-0.1, -0.05) is 47.6 Å². The van der Waals surface area contributed by atoms with Gasteiger partial charge in [0.2, 0.25) is 11.6 Å². The molecule has 0 N–H and O–H groups in total. The number of Topliss-reactive ketones (excluding diaryl/α,β-unsaturated/α-hetero) is 1. The summed E-state index contributed by atoms with van der Waals surface area (Å²) in [6.45, 7) is 20.3. The summed E-state index contributed by atoms with van der Waals surface area (Å²) in [7, 11) is 0. The molecule has 0 radical (unpaired) electrons. The third-order valence-electron chi connectivity index (χ3n) is 5.22. The van der Waals surface area contributed by atoms with Crippen LogP contribution in [0.25, 0.3) is 4.85 Å². The van der Waals surface area contributed by atoms with Crippen LogP contribution in [0, 0.1) is 28.7 Å². The lowest BCUT2D eigenvalue weighted by Gasteiger charge is -2.53. The first-order chi connectivity index (χ1) is 9.93. The molecule has 1 heterocycles. The highest BCUT2D eigenvalue weighted by molar-refractivity contribution is 6.02. The normalized spacial score (nSPS) is 31.1. The van der Waals surface area contributed by atoms with Gasteiger partial charge < -0.3 is 9.69 Å². The summed E-state index contributed by atoms with van der Waals surface area (Å²) < 4.78 is 0. The number of hydrogen-bond donors (Lipinski definition) is 0. The molecule has 1 fully saturated rings. The molecule has 0 aromatic heterocycles. The molecule has 0 aromatic carbocycles. The van der Waals surface area contributed by atoms with Crippen molar-refractivity contribution in [2.75, 3.05) is 13.1 Å². The van der Waals surface area contributed by atoms with E-state index in [1.54, 1.807) is 0 Å². The van der Waals surface area contributed by atoms with Gasteiger partial charge in [-0.15, -0.1) is 0 Å². The number of ketones is 1. The van der Waals surface area contributed by atoms with E-state index in [9.17, 15) is 9.59 Å². The number of amides is 1. The lowest BCUT2D eigenvalue weighted by molar-refractivity contribution is -0.147. The Morgan fingerprint density at radius 2 is 1.95 bits per heavy atom. The van der Waals surface area contributed by atoms with Gasteiger partial charge in [-0.2, -0.15) is 0 Å². The Hall–Kier alpha value is -1.63. The highest BCUT2D eigenvalue weighted by Gasteiger charge is 2.54. The molecule has 2 rings (SSSR count). The summed E-state index contributed by atoms with van der Waals surface area (Å²) in [4.78, 5) is 30.4. The van der Waals surface area contributed by atoms with Gasteiger partial charge in [-0.3, -0.25) is 4.79 Å². The Balaban J connectivity index is 2.41. The van der Waals surface area contributed by atoms with Crippen LogP contribution < -0.4 is 0 Å². The van der Waals surface area contributed by atoms with Crippen LogP contribution in [0.1, 0.15) is 48.0 Å². The topological polar surface area (TPSA) is 41.7 Å². The second kappa shape index (κ2) is 4.94. The van der Waals surface area contributed by atoms with Crippen LogP contribution in [-0.4, -0.2) is 29.7 Å². The van der Waals surface area contributed by atoms with Gasteiger partial charge in [0.25, 0.3) is 0 Å². The SMILES string of the molecule is [C-]#[N+]C1=C[C@]2(C)CN(C(=O)C(C)(C)C)CC[C@H]2C(C)(C)C1=O. The Kier molecular flexibility index (Phi) is 3.76. The van der Waals surface area contributed by atoms with Gasteiger partial charge in [0, 0.05) is 23.9 Å². The molecule has 2 aliphatic rings. The molecule has 1 aliphatic carbocycles. The average Bonchev–Trinajstić information content (AvgIpc) is 2.40. The molecule has 0 unspecified atom stereocenters. The molecular formula is C18H26N2O2. The Morgan fingerprint density at radius 3 is 2.45 bits per heavy atom. The molecule has 0 bridgehead atoms. The second-order valence-electron chi connectivity index (χ2n) is 8.52. The number of fused-ring (bicyclic) bond motifs is 1. The summed E-state index contributed by atoms with van der Waals surface area (Å²) >= 11 is 0. The zero-order valence-corrected chi connectivity index (χ0v) is 14.5. The van der Waals surface area contributed by atoms with Crippen molar-refractivity contribution < 1.29 is 9.59 Å². The smallest absolute Gasteiger partial charge is 0.227 e. The molecule has 0 saturated carbocycles. The van der Waals surface area contributed by atoms with E-state index < -0.39 is 10.8 Å². The van der Waals surface area contributed by atoms with E-state index in [4.69, 9.17) is 6.57 Å². The fraction of sp³-hybridized carbons (Fsp3) is 0.722. The molecule has 0 spiro atoms. The van der Waals surface area contributed by atoms with Crippen molar-refractivity contribution in [2.24, 2.45) is 22.2 Å². The quantitative estimate of drug-likeness (QED) is 0.644. The van der Waals surface area contributed by atoms with Gasteiger partial charge in [0.1, 0.15) is 0 Å². The third kappa shape index (κ3) is 2.47. The first-order valence-electron chi connectivity index (χ1n) is 7.88. The number of allylic oxidation sites excluding steroid dienone is 1. The van der Waals surface area contributed by atoms with Gasteiger partial charge in [0.15, 0.2) is 5.78 Å². The number of piperidine rings is 1. The number of carbonyl (C=O) groups is 2. The van der Waals surface area contributed by atoms with E-state index in [1.165, 1.54) is 0 Å². The molecule has 1 saturated heterocycles. The van der Waals surface area contributed by atoms with E-state index in [1.807, 2.05) is 45.6 Å². The van der Waals surface area contributed by atoms with Crippen LogP contribution in [0.3, 0.4) is 0 Å². The van der Waals surface area contributed by atoms with E-state index >= 15 is 0 Å². The summed E-state index contributed by atoms with van der Waals surface area (Å²) in [6.07, 6.45) is 2.62. The minimum atomic E-state index is -0.541. The molecule has 2 atom stereocenters. The summed E-state index contributed by atoms with van der Waals surface area (Å²) in [5, 5.41) is 0. The number of carbonyl (C=O) groups excluding carboxylic acids is 2. The molecule has 120 valence electrons. The maximum atomic E-state index is 12.6. The first kappa shape index (κ1) is 16.7. The maximum absolute atomic E-state index is 12.6. The van der Waals surface area contributed by atoms with Crippen LogP contribution in [0.15, 0.2) is 11.8 Å². The predicted molar refractivity (Wildman–Crippen MR) is 85.7 cm³/mol. The lowest BCUT2D eigenvalue weighted by atomic mass is 9.55. The second-order valence-corrected chi connectivity index (χ2v) is 8.52. The summed E-state index contributed by atoms with van der Waals surface area (Å²) in [5.74, 6) is 0.252. The van der Waals surface area contributed by atoms with Crippen LogP contribution in [-0.2, 0) is 9.59 Å².